The van der Waals surface area contributed by atoms with Gasteiger partial charge in [-0.15, -0.1) is 12.4 Å². The molecule has 0 radical (unpaired) electrons. The number of rotatable bonds is 5. The monoisotopic (exact) mass is 314 g/mol. The molecule has 1 aliphatic heterocycles. The Morgan fingerprint density at radius 2 is 1.90 bits per heavy atom. The van der Waals surface area contributed by atoms with Crippen molar-refractivity contribution in [2.24, 2.45) is 0 Å². The Morgan fingerprint density at radius 3 is 2.43 bits per heavy atom. The van der Waals surface area contributed by atoms with Crippen molar-refractivity contribution in [3.05, 3.63) is 23.8 Å². The second kappa shape index (κ2) is 8.10. The molecule has 1 unspecified atom stereocenters. The first-order chi connectivity index (χ1) is 9.69. The molecule has 0 bridgehead atoms. The molecule has 1 fully saturated rings. The van der Waals surface area contributed by atoms with Crippen LogP contribution in [-0.4, -0.2) is 51.2 Å². The standard InChI is InChI=1S/C15H22N2O3.ClH/c1-16-10-12-5-4-6-17(12)15(18)11-7-13(19-2)9-14(8-11)20-3;/h7-9,12,16H,4-6,10H2,1-3H3;1H. The highest BCUT2D eigenvalue weighted by Gasteiger charge is 2.29. The van der Waals surface area contributed by atoms with Crippen molar-refractivity contribution in [2.45, 2.75) is 18.9 Å². The average Bonchev–Trinajstić information content (AvgIpc) is 2.94. The van der Waals surface area contributed by atoms with Crippen molar-refractivity contribution in [1.29, 1.82) is 0 Å². The van der Waals surface area contributed by atoms with Crippen molar-refractivity contribution < 1.29 is 14.3 Å². The van der Waals surface area contributed by atoms with Crippen LogP contribution in [0.25, 0.3) is 0 Å². The molecular weight excluding hydrogens is 292 g/mol. The number of nitrogens with zero attached hydrogens (tertiary/aromatic N) is 1. The summed E-state index contributed by atoms with van der Waals surface area (Å²) in [5.74, 6) is 1.31. The molecule has 0 aliphatic carbocycles. The average molecular weight is 315 g/mol. The fourth-order valence-electron chi connectivity index (χ4n) is 2.65. The molecule has 1 aliphatic rings. The Labute approximate surface area is 132 Å². The first-order valence-electron chi connectivity index (χ1n) is 6.88. The number of hydrogen-bond donors (Lipinski definition) is 1. The summed E-state index contributed by atoms with van der Waals surface area (Å²) in [5.41, 5.74) is 0.615. The summed E-state index contributed by atoms with van der Waals surface area (Å²) >= 11 is 0. The summed E-state index contributed by atoms with van der Waals surface area (Å²) in [4.78, 5) is 14.6. The van der Waals surface area contributed by atoms with E-state index in [-0.39, 0.29) is 24.4 Å². The lowest BCUT2D eigenvalue weighted by Gasteiger charge is -2.25. The first kappa shape index (κ1) is 17.6. The predicted molar refractivity (Wildman–Crippen MR) is 84.8 cm³/mol. The van der Waals surface area contributed by atoms with E-state index in [1.165, 1.54) is 0 Å². The van der Waals surface area contributed by atoms with Crippen molar-refractivity contribution in [3.63, 3.8) is 0 Å². The maximum Gasteiger partial charge on any atom is 0.254 e. The topological polar surface area (TPSA) is 50.8 Å². The normalized spacial score (nSPS) is 17.3. The Bertz CT molecular complexity index is 460. The molecule has 1 aromatic carbocycles. The molecule has 1 amide bonds. The second-order valence-electron chi connectivity index (χ2n) is 4.95. The van der Waals surface area contributed by atoms with Crippen LogP contribution < -0.4 is 14.8 Å². The van der Waals surface area contributed by atoms with Crippen molar-refractivity contribution in [3.8, 4) is 11.5 Å². The smallest absolute Gasteiger partial charge is 0.254 e. The zero-order valence-electron chi connectivity index (χ0n) is 12.7. The van der Waals surface area contributed by atoms with Gasteiger partial charge in [-0.25, -0.2) is 0 Å². The van der Waals surface area contributed by atoms with E-state index in [0.29, 0.717) is 17.1 Å². The van der Waals surface area contributed by atoms with E-state index in [1.807, 2.05) is 11.9 Å². The number of methoxy groups -OCH3 is 2. The van der Waals surface area contributed by atoms with Crippen LogP contribution in [0, 0.1) is 0 Å². The quantitative estimate of drug-likeness (QED) is 0.902. The highest BCUT2D eigenvalue weighted by molar-refractivity contribution is 5.95. The van der Waals surface area contributed by atoms with Gasteiger partial charge in [0, 0.05) is 30.8 Å². The maximum absolute atomic E-state index is 12.7. The summed E-state index contributed by atoms with van der Waals surface area (Å²) in [5, 5.41) is 3.15. The minimum Gasteiger partial charge on any atom is -0.497 e. The fourth-order valence-corrected chi connectivity index (χ4v) is 2.65. The van der Waals surface area contributed by atoms with Crippen LogP contribution in [0.1, 0.15) is 23.2 Å². The van der Waals surface area contributed by atoms with Crippen molar-refractivity contribution in [1.82, 2.24) is 10.2 Å². The van der Waals surface area contributed by atoms with Crippen molar-refractivity contribution >= 4 is 18.3 Å². The third-order valence-electron chi connectivity index (χ3n) is 3.68. The van der Waals surface area contributed by atoms with Crippen LogP contribution in [0.4, 0.5) is 0 Å². The summed E-state index contributed by atoms with van der Waals surface area (Å²) in [6.45, 7) is 1.64. The van der Waals surface area contributed by atoms with Gasteiger partial charge in [0.2, 0.25) is 0 Å². The molecule has 1 heterocycles. The zero-order chi connectivity index (χ0) is 14.5. The molecule has 1 saturated heterocycles. The van der Waals surface area contributed by atoms with Gasteiger partial charge in [0.05, 0.1) is 14.2 Å². The molecule has 0 saturated carbocycles. The third kappa shape index (κ3) is 4.02. The van der Waals surface area contributed by atoms with E-state index in [9.17, 15) is 4.79 Å². The van der Waals surface area contributed by atoms with E-state index >= 15 is 0 Å². The number of halogens is 1. The van der Waals surface area contributed by atoms with Crippen LogP contribution in [0.5, 0.6) is 11.5 Å². The van der Waals surface area contributed by atoms with Crippen LogP contribution >= 0.6 is 12.4 Å². The third-order valence-corrected chi connectivity index (χ3v) is 3.68. The van der Waals surface area contributed by atoms with Crippen molar-refractivity contribution in [2.75, 3.05) is 34.4 Å². The SMILES string of the molecule is CNCC1CCCN1C(=O)c1cc(OC)cc(OC)c1.Cl. The number of likely N-dealkylation sites (N-methyl/N-ethyl adjacent to an activating group) is 1. The highest BCUT2D eigenvalue weighted by Crippen LogP contribution is 2.26. The second-order valence-corrected chi connectivity index (χ2v) is 4.95. The van der Waals surface area contributed by atoms with Gasteiger partial charge >= 0.3 is 0 Å². The number of ether oxygens (including phenoxy) is 2. The first-order valence-corrected chi connectivity index (χ1v) is 6.88. The van der Waals surface area contributed by atoms with Gasteiger partial charge in [0.15, 0.2) is 0 Å². The summed E-state index contributed by atoms with van der Waals surface area (Å²) < 4.78 is 10.4. The van der Waals surface area contributed by atoms with Crippen LogP contribution in [0.3, 0.4) is 0 Å². The van der Waals surface area contributed by atoms with E-state index in [2.05, 4.69) is 5.32 Å². The van der Waals surface area contributed by atoms with Gasteiger partial charge < -0.3 is 19.7 Å². The lowest BCUT2D eigenvalue weighted by molar-refractivity contribution is 0.0736. The lowest BCUT2D eigenvalue weighted by Crippen LogP contribution is -2.40. The molecule has 118 valence electrons. The van der Waals surface area contributed by atoms with Gasteiger partial charge in [-0.3, -0.25) is 4.79 Å². The predicted octanol–water partition coefficient (Wildman–Crippen LogP) is 1.95. The molecule has 5 nitrogen and oxygen atoms in total. The molecule has 0 aromatic heterocycles. The highest BCUT2D eigenvalue weighted by atomic mass is 35.5. The number of likely N-dealkylation sites (tertiary alicyclic amines) is 1. The van der Waals surface area contributed by atoms with Gasteiger partial charge in [-0.1, -0.05) is 0 Å². The molecule has 1 N–H and O–H groups in total. The molecule has 1 atom stereocenters. The van der Waals surface area contributed by atoms with Gasteiger partial charge in [-0.05, 0) is 32.0 Å². The number of nitrogens with one attached hydrogen (secondary N) is 1. The number of amides is 1. The van der Waals surface area contributed by atoms with Gasteiger partial charge in [-0.2, -0.15) is 0 Å². The van der Waals surface area contributed by atoms with Crippen LogP contribution in [0.15, 0.2) is 18.2 Å². The summed E-state index contributed by atoms with van der Waals surface area (Å²) in [6.07, 6.45) is 2.10. The zero-order valence-corrected chi connectivity index (χ0v) is 13.5. The Kier molecular flexibility index (Phi) is 6.78. The minimum atomic E-state index is 0. The number of carbonyl (C=O) groups excluding carboxylic acids is 1. The van der Waals surface area contributed by atoms with E-state index in [0.717, 1.165) is 25.9 Å². The Hall–Kier alpha value is -1.46. The summed E-state index contributed by atoms with van der Waals surface area (Å²) in [6, 6.07) is 5.56. The lowest BCUT2D eigenvalue weighted by atomic mass is 10.1. The molecule has 6 heteroatoms. The molecule has 21 heavy (non-hydrogen) atoms. The van der Waals surface area contributed by atoms with Gasteiger partial charge in [0.1, 0.15) is 11.5 Å². The van der Waals surface area contributed by atoms with E-state index in [1.54, 1.807) is 32.4 Å². The molecule has 0 spiro atoms. The van der Waals surface area contributed by atoms with Crippen LogP contribution in [0.2, 0.25) is 0 Å². The Balaban J connectivity index is 0.00000220. The molecule has 1 aromatic rings. The largest absolute Gasteiger partial charge is 0.497 e. The number of benzene rings is 1. The van der Waals surface area contributed by atoms with Crippen LogP contribution in [-0.2, 0) is 0 Å². The van der Waals surface area contributed by atoms with E-state index < -0.39 is 0 Å². The molecular formula is C15H23ClN2O3. The summed E-state index contributed by atoms with van der Waals surface area (Å²) in [7, 11) is 5.08. The Morgan fingerprint density at radius 1 is 1.29 bits per heavy atom. The molecule has 2 rings (SSSR count). The minimum absolute atomic E-state index is 0. The van der Waals surface area contributed by atoms with Gasteiger partial charge in [0.25, 0.3) is 5.91 Å². The number of hydrogen-bond acceptors (Lipinski definition) is 4. The van der Waals surface area contributed by atoms with E-state index in [4.69, 9.17) is 9.47 Å². The fraction of sp³-hybridized carbons (Fsp3) is 0.533. The maximum atomic E-state index is 12.7. The number of carbonyl (C=O) groups is 1.